The zero-order valence-corrected chi connectivity index (χ0v) is 13.7. The second kappa shape index (κ2) is 7.95. The lowest BCUT2D eigenvalue weighted by Gasteiger charge is -2.32. The molecule has 1 saturated heterocycles. The van der Waals surface area contributed by atoms with Crippen LogP contribution in [0.4, 0.5) is 5.69 Å². The molecule has 7 heteroatoms. The van der Waals surface area contributed by atoms with Gasteiger partial charge in [-0.1, -0.05) is 11.6 Å². The number of nitrogens with zero attached hydrogens (tertiary/aromatic N) is 2. The molecule has 0 spiro atoms. The summed E-state index contributed by atoms with van der Waals surface area (Å²) in [6.07, 6.45) is 1.85. The highest BCUT2D eigenvalue weighted by atomic mass is 35.5. The topological polar surface area (TPSA) is 85.2 Å². The summed E-state index contributed by atoms with van der Waals surface area (Å²) in [7, 11) is 0. The highest BCUT2D eigenvalue weighted by Crippen LogP contribution is 2.20. The maximum absolute atomic E-state index is 12.2. The molecule has 23 heavy (non-hydrogen) atoms. The SMILES string of the molecule is CC(=O)NC1CCCN(CC(=O)Nc2cc(Cl)ccc2C#N)C1. The molecular formula is C16H19ClN4O2. The Morgan fingerprint density at radius 2 is 2.26 bits per heavy atom. The molecule has 1 fully saturated rings. The average molecular weight is 335 g/mol. The van der Waals surface area contributed by atoms with Crippen LogP contribution in [0.2, 0.25) is 5.02 Å². The number of carbonyl (C=O) groups excluding carboxylic acids is 2. The van der Waals surface area contributed by atoms with E-state index in [2.05, 4.69) is 10.6 Å². The smallest absolute Gasteiger partial charge is 0.238 e. The number of piperidine rings is 1. The van der Waals surface area contributed by atoms with E-state index in [1.807, 2.05) is 11.0 Å². The van der Waals surface area contributed by atoms with Gasteiger partial charge in [0.1, 0.15) is 6.07 Å². The molecule has 0 saturated carbocycles. The molecule has 0 aliphatic carbocycles. The molecule has 0 radical (unpaired) electrons. The van der Waals surface area contributed by atoms with Gasteiger partial charge in [0.15, 0.2) is 0 Å². The van der Waals surface area contributed by atoms with Crippen LogP contribution in [-0.4, -0.2) is 42.4 Å². The molecule has 6 nitrogen and oxygen atoms in total. The predicted molar refractivity (Wildman–Crippen MR) is 88.1 cm³/mol. The molecule has 0 aromatic heterocycles. The molecule has 1 aromatic carbocycles. The number of carbonyl (C=O) groups is 2. The third kappa shape index (κ3) is 5.23. The first-order valence-electron chi connectivity index (χ1n) is 7.47. The Morgan fingerprint density at radius 1 is 1.48 bits per heavy atom. The van der Waals surface area contributed by atoms with Crippen LogP contribution in [0.25, 0.3) is 0 Å². The Hall–Kier alpha value is -2.10. The van der Waals surface area contributed by atoms with Gasteiger partial charge in [-0.3, -0.25) is 14.5 Å². The summed E-state index contributed by atoms with van der Waals surface area (Å²) in [4.78, 5) is 25.3. The van der Waals surface area contributed by atoms with Gasteiger partial charge < -0.3 is 10.6 Å². The van der Waals surface area contributed by atoms with E-state index in [0.29, 0.717) is 22.8 Å². The van der Waals surface area contributed by atoms with Crippen LogP contribution in [0.1, 0.15) is 25.3 Å². The third-order valence-electron chi connectivity index (χ3n) is 3.66. The molecule has 1 heterocycles. The Morgan fingerprint density at radius 3 is 2.96 bits per heavy atom. The van der Waals surface area contributed by atoms with Crippen LogP contribution in [0.3, 0.4) is 0 Å². The maximum Gasteiger partial charge on any atom is 0.238 e. The van der Waals surface area contributed by atoms with Crippen molar-refractivity contribution < 1.29 is 9.59 Å². The predicted octanol–water partition coefficient (Wildman–Crippen LogP) is 1.75. The summed E-state index contributed by atoms with van der Waals surface area (Å²) < 4.78 is 0. The van der Waals surface area contributed by atoms with Crippen LogP contribution >= 0.6 is 11.6 Å². The molecule has 1 atom stereocenters. The van der Waals surface area contributed by atoms with Gasteiger partial charge in [0, 0.05) is 24.5 Å². The lowest BCUT2D eigenvalue weighted by molar-refractivity contribution is -0.120. The second-order valence-electron chi connectivity index (χ2n) is 5.62. The number of halogens is 1. The highest BCUT2D eigenvalue weighted by Gasteiger charge is 2.22. The number of benzene rings is 1. The van der Waals surface area contributed by atoms with Gasteiger partial charge in [0.05, 0.1) is 17.8 Å². The first-order chi connectivity index (χ1) is 11.0. The summed E-state index contributed by atoms with van der Waals surface area (Å²) in [5.74, 6) is -0.258. The number of hydrogen-bond donors (Lipinski definition) is 2. The van der Waals surface area contributed by atoms with E-state index < -0.39 is 0 Å². The summed E-state index contributed by atoms with van der Waals surface area (Å²) >= 11 is 5.91. The molecule has 2 amide bonds. The molecule has 122 valence electrons. The van der Waals surface area contributed by atoms with Crippen molar-refractivity contribution in [3.63, 3.8) is 0 Å². The molecule has 1 aromatic rings. The standard InChI is InChI=1S/C16H19ClN4O2/c1-11(22)19-14-3-2-6-21(9-14)10-16(23)20-15-7-13(17)5-4-12(15)8-18/h4-5,7,14H,2-3,6,9-10H2,1H3,(H,19,22)(H,20,23). The normalized spacial score (nSPS) is 18.0. The second-order valence-corrected chi connectivity index (χ2v) is 6.06. The van der Waals surface area contributed by atoms with Crippen molar-refractivity contribution in [3.05, 3.63) is 28.8 Å². The first kappa shape index (κ1) is 17.3. The fourth-order valence-electron chi connectivity index (χ4n) is 2.71. The average Bonchev–Trinajstić information content (AvgIpc) is 2.47. The van der Waals surface area contributed by atoms with Crippen LogP contribution in [0.5, 0.6) is 0 Å². The van der Waals surface area contributed by atoms with Gasteiger partial charge in [0.25, 0.3) is 0 Å². The first-order valence-corrected chi connectivity index (χ1v) is 7.84. The molecule has 2 N–H and O–H groups in total. The van der Waals surface area contributed by atoms with Crippen molar-refractivity contribution in [2.75, 3.05) is 25.0 Å². The van der Waals surface area contributed by atoms with Crippen molar-refractivity contribution in [1.82, 2.24) is 10.2 Å². The van der Waals surface area contributed by atoms with Crippen LogP contribution in [0, 0.1) is 11.3 Å². The van der Waals surface area contributed by atoms with Crippen LogP contribution < -0.4 is 10.6 Å². The summed E-state index contributed by atoms with van der Waals surface area (Å²) in [6, 6.07) is 6.85. The number of amides is 2. The van der Waals surface area contributed by atoms with Crippen molar-refractivity contribution in [3.8, 4) is 6.07 Å². The highest BCUT2D eigenvalue weighted by molar-refractivity contribution is 6.31. The van der Waals surface area contributed by atoms with Gasteiger partial charge in [-0.05, 0) is 37.6 Å². The van der Waals surface area contributed by atoms with Gasteiger partial charge >= 0.3 is 0 Å². The molecule has 0 bridgehead atoms. The molecule has 1 unspecified atom stereocenters. The van der Waals surface area contributed by atoms with E-state index in [9.17, 15) is 9.59 Å². The zero-order chi connectivity index (χ0) is 16.8. The molecule has 1 aliphatic rings. The van der Waals surface area contributed by atoms with E-state index in [1.165, 1.54) is 6.92 Å². The van der Waals surface area contributed by atoms with Crippen molar-refractivity contribution in [1.29, 1.82) is 5.26 Å². The molecule has 2 rings (SSSR count). The lowest BCUT2D eigenvalue weighted by atomic mass is 10.1. The summed E-state index contributed by atoms with van der Waals surface area (Å²) in [5.41, 5.74) is 0.790. The Balaban J connectivity index is 1.93. The largest absolute Gasteiger partial charge is 0.352 e. The van der Waals surface area contributed by atoms with E-state index in [4.69, 9.17) is 16.9 Å². The lowest BCUT2D eigenvalue weighted by Crippen LogP contribution is -2.49. The molecule has 1 aliphatic heterocycles. The van der Waals surface area contributed by atoms with Crippen LogP contribution in [-0.2, 0) is 9.59 Å². The number of nitriles is 1. The van der Waals surface area contributed by atoms with Gasteiger partial charge in [-0.15, -0.1) is 0 Å². The summed E-state index contributed by atoms with van der Waals surface area (Å²) in [5, 5.41) is 15.1. The number of nitrogens with one attached hydrogen (secondary N) is 2. The summed E-state index contributed by atoms with van der Waals surface area (Å²) in [6.45, 7) is 3.17. The van der Waals surface area contributed by atoms with E-state index in [1.54, 1.807) is 18.2 Å². The van der Waals surface area contributed by atoms with Crippen molar-refractivity contribution in [2.24, 2.45) is 0 Å². The Labute approximate surface area is 140 Å². The van der Waals surface area contributed by atoms with Gasteiger partial charge in [0.2, 0.25) is 11.8 Å². The minimum atomic E-state index is -0.202. The quantitative estimate of drug-likeness (QED) is 0.878. The third-order valence-corrected chi connectivity index (χ3v) is 3.89. The monoisotopic (exact) mass is 334 g/mol. The van der Waals surface area contributed by atoms with E-state index in [-0.39, 0.29) is 24.4 Å². The minimum absolute atomic E-state index is 0.0566. The Bertz CT molecular complexity index is 641. The minimum Gasteiger partial charge on any atom is -0.352 e. The van der Waals surface area contributed by atoms with Crippen molar-refractivity contribution >= 4 is 29.1 Å². The fraction of sp³-hybridized carbons (Fsp3) is 0.438. The molecular weight excluding hydrogens is 316 g/mol. The van der Waals surface area contributed by atoms with E-state index in [0.717, 1.165) is 19.4 Å². The van der Waals surface area contributed by atoms with Gasteiger partial charge in [-0.2, -0.15) is 5.26 Å². The van der Waals surface area contributed by atoms with Crippen LogP contribution in [0.15, 0.2) is 18.2 Å². The maximum atomic E-state index is 12.2. The van der Waals surface area contributed by atoms with E-state index >= 15 is 0 Å². The number of hydrogen-bond acceptors (Lipinski definition) is 4. The number of likely N-dealkylation sites (tertiary alicyclic amines) is 1. The Kier molecular flexibility index (Phi) is 5.97. The van der Waals surface area contributed by atoms with Gasteiger partial charge in [-0.25, -0.2) is 0 Å². The number of anilines is 1. The number of rotatable bonds is 4. The zero-order valence-electron chi connectivity index (χ0n) is 12.9. The fourth-order valence-corrected chi connectivity index (χ4v) is 2.89. The van der Waals surface area contributed by atoms with Crippen molar-refractivity contribution in [2.45, 2.75) is 25.8 Å².